The fourth-order valence-corrected chi connectivity index (χ4v) is 1.48. The van der Waals surface area contributed by atoms with Crippen molar-refractivity contribution in [1.29, 1.82) is 0 Å². The Labute approximate surface area is 91.1 Å². The number of hydrogen-bond acceptors (Lipinski definition) is 3. The quantitative estimate of drug-likeness (QED) is 0.587. The molecule has 0 aliphatic carbocycles. The summed E-state index contributed by atoms with van der Waals surface area (Å²) in [6, 6.07) is 5.18. The van der Waals surface area contributed by atoms with E-state index in [1.807, 2.05) is 0 Å². The minimum absolute atomic E-state index is 0.125. The van der Waals surface area contributed by atoms with E-state index < -0.39 is 0 Å². The first-order valence-corrected chi connectivity index (χ1v) is 4.85. The summed E-state index contributed by atoms with van der Waals surface area (Å²) in [4.78, 5) is 27.6. The van der Waals surface area contributed by atoms with E-state index in [-0.39, 0.29) is 18.1 Å². The van der Waals surface area contributed by atoms with E-state index in [0.717, 1.165) is 5.52 Å². The SMILES string of the molecule is CNCC(=O)Nc1ccc2[nH]c(=O)[nH]c2c1. The Kier molecular flexibility index (Phi) is 2.74. The standard InChI is InChI=1S/C10H12N4O2/c1-11-5-9(15)12-6-2-3-7-8(4-6)14-10(16)13-7/h2-4,11H,5H2,1H3,(H,12,15)(H2,13,14,16). The molecule has 2 rings (SSSR count). The zero-order valence-corrected chi connectivity index (χ0v) is 8.76. The van der Waals surface area contributed by atoms with Crippen LogP contribution in [0.25, 0.3) is 11.0 Å². The number of aromatic amines is 2. The summed E-state index contributed by atoms with van der Waals surface area (Å²) in [5.74, 6) is -0.125. The van der Waals surface area contributed by atoms with E-state index >= 15 is 0 Å². The Hall–Kier alpha value is -2.08. The summed E-state index contributed by atoms with van der Waals surface area (Å²) in [6.07, 6.45) is 0. The molecule has 0 saturated carbocycles. The summed E-state index contributed by atoms with van der Waals surface area (Å²) in [5, 5.41) is 5.46. The number of hydrogen-bond donors (Lipinski definition) is 4. The highest BCUT2D eigenvalue weighted by Gasteiger charge is 2.03. The predicted molar refractivity (Wildman–Crippen MR) is 61.5 cm³/mol. The van der Waals surface area contributed by atoms with Gasteiger partial charge in [-0.25, -0.2) is 4.79 Å². The van der Waals surface area contributed by atoms with Crippen LogP contribution in [0.1, 0.15) is 0 Å². The number of aromatic nitrogens is 2. The summed E-state index contributed by atoms with van der Waals surface area (Å²) < 4.78 is 0. The van der Waals surface area contributed by atoms with Crippen LogP contribution < -0.4 is 16.3 Å². The fraction of sp³-hybridized carbons (Fsp3) is 0.200. The first-order valence-electron chi connectivity index (χ1n) is 4.85. The number of imidazole rings is 1. The molecule has 0 unspecified atom stereocenters. The second-order valence-corrected chi connectivity index (χ2v) is 3.42. The summed E-state index contributed by atoms with van der Waals surface area (Å²) in [5.41, 5.74) is 1.79. The van der Waals surface area contributed by atoms with E-state index in [4.69, 9.17) is 0 Å². The van der Waals surface area contributed by atoms with Crippen LogP contribution in [0.15, 0.2) is 23.0 Å². The normalized spacial score (nSPS) is 10.6. The molecule has 1 heterocycles. The van der Waals surface area contributed by atoms with E-state index in [9.17, 15) is 9.59 Å². The van der Waals surface area contributed by atoms with Crippen LogP contribution >= 0.6 is 0 Å². The number of carbonyl (C=O) groups is 1. The fourth-order valence-electron chi connectivity index (χ4n) is 1.48. The van der Waals surface area contributed by atoms with Crippen LogP contribution in [0.4, 0.5) is 5.69 Å². The van der Waals surface area contributed by atoms with Gasteiger partial charge in [-0.05, 0) is 25.2 Å². The summed E-state index contributed by atoms with van der Waals surface area (Å²) in [6.45, 7) is 0.252. The highest BCUT2D eigenvalue weighted by atomic mass is 16.2. The molecular weight excluding hydrogens is 208 g/mol. The largest absolute Gasteiger partial charge is 0.325 e. The van der Waals surface area contributed by atoms with Gasteiger partial charge in [-0.3, -0.25) is 4.79 Å². The molecule has 1 amide bonds. The first kappa shape index (κ1) is 10.4. The van der Waals surface area contributed by atoms with E-state index in [0.29, 0.717) is 11.2 Å². The van der Waals surface area contributed by atoms with Gasteiger partial charge in [0.1, 0.15) is 0 Å². The molecule has 84 valence electrons. The van der Waals surface area contributed by atoms with Crippen molar-refractivity contribution in [3.63, 3.8) is 0 Å². The Morgan fingerprint density at radius 2 is 2.06 bits per heavy atom. The molecule has 2 aromatic rings. The Morgan fingerprint density at radius 1 is 1.31 bits per heavy atom. The number of anilines is 1. The van der Waals surface area contributed by atoms with Gasteiger partial charge in [-0.1, -0.05) is 0 Å². The minimum Gasteiger partial charge on any atom is -0.325 e. The van der Waals surface area contributed by atoms with Crippen molar-refractivity contribution in [2.75, 3.05) is 18.9 Å². The third-order valence-corrected chi connectivity index (χ3v) is 2.14. The molecule has 1 aromatic carbocycles. The number of likely N-dealkylation sites (N-methyl/N-ethyl adjacent to an activating group) is 1. The van der Waals surface area contributed by atoms with Gasteiger partial charge in [0.05, 0.1) is 17.6 Å². The van der Waals surface area contributed by atoms with Crippen molar-refractivity contribution in [3.8, 4) is 0 Å². The molecule has 4 N–H and O–H groups in total. The molecule has 6 nitrogen and oxygen atoms in total. The zero-order chi connectivity index (χ0) is 11.5. The molecule has 16 heavy (non-hydrogen) atoms. The maximum absolute atomic E-state index is 11.3. The molecule has 1 aromatic heterocycles. The second kappa shape index (κ2) is 4.19. The molecule has 0 saturated heterocycles. The molecule has 0 aliphatic rings. The van der Waals surface area contributed by atoms with Crippen LogP contribution in [0.3, 0.4) is 0 Å². The number of fused-ring (bicyclic) bond motifs is 1. The molecule has 0 aliphatic heterocycles. The van der Waals surface area contributed by atoms with Gasteiger partial charge in [-0.15, -0.1) is 0 Å². The molecule has 0 spiro atoms. The van der Waals surface area contributed by atoms with Crippen LogP contribution in [0.5, 0.6) is 0 Å². The Balaban J connectivity index is 2.25. The number of benzene rings is 1. The van der Waals surface area contributed by atoms with Crippen molar-refractivity contribution in [1.82, 2.24) is 15.3 Å². The van der Waals surface area contributed by atoms with Crippen molar-refractivity contribution in [2.24, 2.45) is 0 Å². The van der Waals surface area contributed by atoms with Gasteiger partial charge in [-0.2, -0.15) is 0 Å². The van der Waals surface area contributed by atoms with Gasteiger partial charge in [0.25, 0.3) is 0 Å². The predicted octanol–water partition coefficient (Wildman–Crippen LogP) is 0.0141. The van der Waals surface area contributed by atoms with Crippen LogP contribution in [0.2, 0.25) is 0 Å². The van der Waals surface area contributed by atoms with Crippen molar-refractivity contribution in [3.05, 3.63) is 28.7 Å². The topological polar surface area (TPSA) is 89.8 Å². The summed E-state index contributed by atoms with van der Waals surface area (Å²) >= 11 is 0. The molecule has 0 radical (unpaired) electrons. The Bertz CT molecular complexity index is 569. The monoisotopic (exact) mass is 220 g/mol. The maximum atomic E-state index is 11.3. The highest BCUT2D eigenvalue weighted by Crippen LogP contribution is 2.14. The lowest BCUT2D eigenvalue weighted by Crippen LogP contribution is -2.24. The molecule has 0 fully saturated rings. The van der Waals surface area contributed by atoms with Crippen LogP contribution in [0, 0.1) is 0 Å². The number of amides is 1. The van der Waals surface area contributed by atoms with E-state index in [2.05, 4.69) is 20.6 Å². The maximum Gasteiger partial charge on any atom is 0.323 e. The van der Waals surface area contributed by atoms with Crippen molar-refractivity contribution >= 4 is 22.6 Å². The van der Waals surface area contributed by atoms with Crippen LogP contribution in [-0.2, 0) is 4.79 Å². The minimum atomic E-state index is -0.256. The average Bonchev–Trinajstić information content (AvgIpc) is 2.57. The van der Waals surface area contributed by atoms with Crippen molar-refractivity contribution < 1.29 is 4.79 Å². The molecular formula is C10H12N4O2. The van der Waals surface area contributed by atoms with Gasteiger partial charge < -0.3 is 20.6 Å². The first-order chi connectivity index (χ1) is 7.69. The third-order valence-electron chi connectivity index (χ3n) is 2.14. The van der Waals surface area contributed by atoms with Gasteiger partial charge in [0, 0.05) is 5.69 Å². The van der Waals surface area contributed by atoms with Crippen molar-refractivity contribution in [2.45, 2.75) is 0 Å². The lowest BCUT2D eigenvalue weighted by atomic mass is 10.3. The second-order valence-electron chi connectivity index (χ2n) is 3.42. The zero-order valence-electron chi connectivity index (χ0n) is 8.76. The number of H-pyrrole nitrogens is 2. The third kappa shape index (κ3) is 2.12. The lowest BCUT2D eigenvalue weighted by Gasteiger charge is -2.04. The number of nitrogens with one attached hydrogen (secondary N) is 4. The highest BCUT2D eigenvalue weighted by molar-refractivity contribution is 5.94. The molecule has 0 bridgehead atoms. The average molecular weight is 220 g/mol. The van der Waals surface area contributed by atoms with Crippen LogP contribution in [-0.4, -0.2) is 29.5 Å². The smallest absolute Gasteiger partial charge is 0.323 e. The Morgan fingerprint density at radius 3 is 2.81 bits per heavy atom. The van der Waals surface area contributed by atoms with Gasteiger partial charge in [0.2, 0.25) is 5.91 Å². The number of carbonyl (C=O) groups excluding carboxylic acids is 1. The molecule has 0 atom stereocenters. The molecule has 6 heteroatoms. The number of rotatable bonds is 3. The van der Waals surface area contributed by atoms with E-state index in [1.165, 1.54) is 0 Å². The lowest BCUT2D eigenvalue weighted by molar-refractivity contribution is -0.115. The van der Waals surface area contributed by atoms with Gasteiger partial charge >= 0.3 is 5.69 Å². The van der Waals surface area contributed by atoms with E-state index in [1.54, 1.807) is 25.2 Å². The summed E-state index contributed by atoms with van der Waals surface area (Å²) in [7, 11) is 1.70. The van der Waals surface area contributed by atoms with Gasteiger partial charge in [0.15, 0.2) is 0 Å².